The Morgan fingerprint density at radius 1 is 1.04 bits per heavy atom. The number of nitrogens with zero attached hydrogens (tertiary/aromatic N) is 3. The number of hydrogen-bond acceptors (Lipinski definition) is 4. The summed E-state index contributed by atoms with van der Waals surface area (Å²) in [7, 11) is -3.19. The first-order valence-corrected chi connectivity index (χ1v) is 10.8. The van der Waals surface area contributed by atoms with Crippen LogP contribution in [0.15, 0.2) is 48.7 Å². The van der Waals surface area contributed by atoms with Crippen LogP contribution in [0.5, 0.6) is 0 Å². The molecular weight excluding hydrogens is 364 g/mol. The Kier molecular flexibility index (Phi) is 6.08. The van der Waals surface area contributed by atoms with E-state index in [1.165, 1.54) is 16.1 Å². The number of benzene rings is 1. The van der Waals surface area contributed by atoms with E-state index in [1.807, 2.05) is 42.5 Å². The number of rotatable bonds is 5. The van der Waals surface area contributed by atoms with Crippen LogP contribution in [0.25, 0.3) is 0 Å². The predicted octanol–water partition coefficient (Wildman–Crippen LogP) is 1.98. The molecule has 1 aliphatic heterocycles. The van der Waals surface area contributed by atoms with Gasteiger partial charge in [0, 0.05) is 43.8 Å². The van der Waals surface area contributed by atoms with Crippen molar-refractivity contribution in [3.05, 3.63) is 59.9 Å². The third kappa shape index (κ3) is 5.51. The molecule has 7 nitrogen and oxygen atoms in total. The summed E-state index contributed by atoms with van der Waals surface area (Å²) in [6.45, 7) is 1.44. The zero-order valence-corrected chi connectivity index (χ0v) is 16.2. The van der Waals surface area contributed by atoms with E-state index in [2.05, 4.69) is 10.3 Å². The van der Waals surface area contributed by atoms with E-state index in [4.69, 9.17) is 0 Å². The van der Waals surface area contributed by atoms with Crippen molar-refractivity contribution in [2.24, 2.45) is 0 Å². The minimum Gasteiger partial charge on any atom is -0.322 e. The van der Waals surface area contributed by atoms with Crippen LogP contribution in [-0.4, -0.2) is 61.1 Å². The molecule has 2 heterocycles. The van der Waals surface area contributed by atoms with Crippen LogP contribution >= 0.6 is 0 Å². The summed E-state index contributed by atoms with van der Waals surface area (Å²) in [5.41, 5.74) is 2.97. The fourth-order valence-corrected chi connectivity index (χ4v) is 3.83. The molecule has 0 unspecified atom stereocenters. The number of anilines is 1. The number of aryl methyl sites for hydroxylation is 2. The third-order valence-corrected chi connectivity index (χ3v) is 5.90. The highest BCUT2D eigenvalue weighted by molar-refractivity contribution is 7.88. The van der Waals surface area contributed by atoms with Crippen LogP contribution in [0, 0.1) is 0 Å². The third-order valence-electron chi connectivity index (χ3n) is 4.60. The predicted molar refractivity (Wildman–Crippen MR) is 105 cm³/mol. The van der Waals surface area contributed by atoms with Crippen molar-refractivity contribution in [2.45, 2.75) is 12.8 Å². The van der Waals surface area contributed by atoms with Crippen molar-refractivity contribution in [3.63, 3.8) is 0 Å². The van der Waals surface area contributed by atoms with Crippen LogP contribution in [0.2, 0.25) is 0 Å². The molecule has 0 spiro atoms. The average Bonchev–Trinajstić information content (AvgIpc) is 2.68. The SMILES string of the molecule is CS(=O)(=O)N1CCN(C(=O)Nc2ccc(CCc3ccccn3)cc2)CC1. The summed E-state index contributed by atoms with van der Waals surface area (Å²) in [6.07, 6.45) is 4.75. The van der Waals surface area contributed by atoms with Gasteiger partial charge in [-0.05, 0) is 42.7 Å². The van der Waals surface area contributed by atoms with Gasteiger partial charge < -0.3 is 10.2 Å². The number of piperazine rings is 1. The Morgan fingerprint density at radius 2 is 1.74 bits per heavy atom. The first-order valence-electron chi connectivity index (χ1n) is 8.92. The molecule has 0 saturated carbocycles. The number of aromatic nitrogens is 1. The number of nitrogens with one attached hydrogen (secondary N) is 1. The maximum atomic E-state index is 12.4. The largest absolute Gasteiger partial charge is 0.322 e. The molecule has 2 aromatic rings. The van der Waals surface area contributed by atoms with Gasteiger partial charge in [0.25, 0.3) is 0 Å². The van der Waals surface area contributed by atoms with Crippen molar-refractivity contribution >= 4 is 21.7 Å². The van der Waals surface area contributed by atoms with Gasteiger partial charge in [-0.15, -0.1) is 0 Å². The molecule has 0 radical (unpaired) electrons. The molecule has 0 atom stereocenters. The maximum absolute atomic E-state index is 12.4. The molecule has 1 saturated heterocycles. The van der Waals surface area contributed by atoms with E-state index in [9.17, 15) is 13.2 Å². The molecule has 0 aliphatic carbocycles. The van der Waals surface area contributed by atoms with Gasteiger partial charge in [0.05, 0.1) is 6.26 Å². The van der Waals surface area contributed by atoms with Crippen LogP contribution < -0.4 is 5.32 Å². The summed E-state index contributed by atoms with van der Waals surface area (Å²) in [5, 5.41) is 2.87. The van der Waals surface area contributed by atoms with Crippen molar-refractivity contribution in [1.29, 1.82) is 0 Å². The fourth-order valence-electron chi connectivity index (χ4n) is 3.00. The first-order chi connectivity index (χ1) is 12.9. The minimum absolute atomic E-state index is 0.204. The number of hydrogen-bond donors (Lipinski definition) is 1. The Hall–Kier alpha value is -2.45. The van der Waals surface area contributed by atoms with E-state index in [0.29, 0.717) is 26.2 Å². The van der Waals surface area contributed by atoms with Gasteiger partial charge in [-0.25, -0.2) is 13.2 Å². The second-order valence-corrected chi connectivity index (χ2v) is 8.58. The lowest BCUT2D eigenvalue weighted by atomic mass is 10.1. The fraction of sp³-hybridized carbons (Fsp3) is 0.368. The Morgan fingerprint density at radius 3 is 2.33 bits per heavy atom. The van der Waals surface area contributed by atoms with Crippen LogP contribution in [0.3, 0.4) is 0 Å². The van der Waals surface area contributed by atoms with E-state index in [-0.39, 0.29) is 6.03 Å². The topological polar surface area (TPSA) is 82.6 Å². The molecule has 1 N–H and O–H groups in total. The second kappa shape index (κ2) is 8.49. The Bertz CT molecular complexity index is 862. The lowest BCUT2D eigenvalue weighted by molar-refractivity contribution is 0.184. The number of pyridine rings is 1. The molecule has 3 rings (SSSR count). The van der Waals surface area contributed by atoms with E-state index >= 15 is 0 Å². The van der Waals surface area contributed by atoms with E-state index in [0.717, 1.165) is 24.2 Å². The van der Waals surface area contributed by atoms with Crippen LogP contribution in [0.1, 0.15) is 11.3 Å². The molecule has 1 aromatic carbocycles. The molecular formula is C19H24N4O3S. The van der Waals surface area contributed by atoms with Crippen molar-refractivity contribution in [2.75, 3.05) is 37.8 Å². The van der Waals surface area contributed by atoms with Gasteiger partial charge in [0.1, 0.15) is 0 Å². The number of carbonyl (C=O) groups excluding carboxylic acids is 1. The number of amides is 2. The average molecular weight is 388 g/mol. The van der Waals surface area contributed by atoms with Gasteiger partial charge in [-0.2, -0.15) is 4.31 Å². The first kappa shape index (κ1) is 19.3. The highest BCUT2D eigenvalue weighted by Crippen LogP contribution is 2.14. The van der Waals surface area contributed by atoms with E-state index in [1.54, 1.807) is 11.1 Å². The zero-order chi connectivity index (χ0) is 19.3. The van der Waals surface area contributed by atoms with Crippen LogP contribution in [0.4, 0.5) is 10.5 Å². The highest BCUT2D eigenvalue weighted by atomic mass is 32.2. The number of sulfonamides is 1. The lowest BCUT2D eigenvalue weighted by Crippen LogP contribution is -2.51. The molecule has 0 bridgehead atoms. The molecule has 8 heteroatoms. The standard InChI is InChI=1S/C19H24N4O3S/c1-27(25,26)23-14-12-22(13-15-23)19(24)21-18-9-6-16(7-10-18)5-8-17-4-2-3-11-20-17/h2-4,6-7,9-11H,5,8,12-15H2,1H3,(H,21,24). The minimum atomic E-state index is -3.19. The van der Waals surface area contributed by atoms with Crippen LogP contribution in [-0.2, 0) is 22.9 Å². The van der Waals surface area contributed by atoms with Gasteiger partial charge in [0.2, 0.25) is 10.0 Å². The second-order valence-electron chi connectivity index (χ2n) is 6.60. The summed E-state index contributed by atoms with van der Waals surface area (Å²) < 4.78 is 24.5. The summed E-state index contributed by atoms with van der Waals surface area (Å²) in [6, 6.07) is 13.5. The molecule has 2 amide bonds. The van der Waals surface area contributed by atoms with Gasteiger partial charge in [-0.1, -0.05) is 18.2 Å². The van der Waals surface area contributed by atoms with Crippen molar-refractivity contribution in [1.82, 2.24) is 14.2 Å². The maximum Gasteiger partial charge on any atom is 0.321 e. The van der Waals surface area contributed by atoms with Gasteiger partial charge in [0.15, 0.2) is 0 Å². The van der Waals surface area contributed by atoms with Gasteiger partial charge in [-0.3, -0.25) is 4.98 Å². The lowest BCUT2D eigenvalue weighted by Gasteiger charge is -2.33. The molecule has 27 heavy (non-hydrogen) atoms. The van der Waals surface area contributed by atoms with Crippen molar-refractivity contribution < 1.29 is 13.2 Å². The Labute approximate surface area is 160 Å². The molecule has 1 aliphatic rings. The Balaban J connectivity index is 1.49. The normalized spacial score (nSPS) is 15.5. The van der Waals surface area contributed by atoms with E-state index < -0.39 is 10.0 Å². The molecule has 1 fully saturated rings. The zero-order valence-electron chi connectivity index (χ0n) is 15.3. The van der Waals surface area contributed by atoms with Gasteiger partial charge >= 0.3 is 6.03 Å². The van der Waals surface area contributed by atoms with Crippen molar-refractivity contribution in [3.8, 4) is 0 Å². The summed E-state index contributed by atoms with van der Waals surface area (Å²) in [4.78, 5) is 18.3. The number of urea groups is 1. The summed E-state index contributed by atoms with van der Waals surface area (Å²) in [5.74, 6) is 0. The smallest absolute Gasteiger partial charge is 0.321 e. The molecule has 1 aromatic heterocycles. The summed E-state index contributed by atoms with van der Waals surface area (Å²) >= 11 is 0. The number of carbonyl (C=O) groups is 1. The highest BCUT2D eigenvalue weighted by Gasteiger charge is 2.25. The quantitative estimate of drug-likeness (QED) is 0.849. The monoisotopic (exact) mass is 388 g/mol. The molecule has 144 valence electrons.